The first-order valence-electron chi connectivity index (χ1n) is 6.49. The zero-order valence-electron chi connectivity index (χ0n) is 12.3. The van der Waals surface area contributed by atoms with Crippen LogP contribution < -0.4 is 10.5 Å². The number of thiazole rings is 1. The number of nitrogens with one attached hydrogen (secondary N) is 1. The van der Waals surface area contributed by atoms with E-state index in [4.69, 9.17) is 5.73 Å². The third-order valence-electron chi connectivity index (χ3n) is 3.19. The van der Waals surface area contributed by atoms with Crippen molar-refractivity contribution in [2.45, 2.75) is 38.8 Å². The van der Waals surface area contributed by atoms with Crippen LogP contribution in [0.4, 0.5) is 0 Å². The second-order valence-corrected chi connectivity index (χ2v) is 7.34. The van der Waals surface area contributed by atoms with E-state index in [0.29, 0.717) is 24.5 Å². The van der Waals surface area contributed by atoms with Crippen LogP contribution >= 0.6 is 11.3 Å². The second-order valence-electron chi connectivity index (χ2n) is 4.70. The zero-order valence-corrected chi connectivity index (χ0v) is 13.9. The summed E-state index contributed by atoms with van der Waals surface area (Å²) in [6.07, 6.45) is 0. The normalized spacial score (nSPS) is 12.0. The topological polar surface area (TPSA) is 103 Å². The van der Waals surface area contributed by atoms with Crippen molar-refractivity contribution in [3.63, 3.8) is 0 Å². The van der Waals surface area contributed by atoms with E-state index in [1.165, 1.54) is 11.3 Å². The van der Waals surface area contributed by atoms with Crippen LogP contribution in [0.2, 0.25) is 0 Å². The Labute approximate surface area is 128 Å². The predicted molar refractivity (Wildman–Crippen MR) is 81.6 cm³/mol. The molecular formula is C12H19N5O2S2. The van der Waals surface area contributed by atoms with E-state index in [0.717, 1.165) is 10.6 Å². The SMILES string of the molecule is Cc1ncsc1CNS(=O)(=O)c1c(C)nn(CCN)c1C. The molecule has 116 valence electrons. The zero-order chi connectivity index (χ0) is 15.6. The summed E-state index contributed by atoms with van der Waals surface area (Å²) >= 11 is 1.43. The summed E-state index contributed by atoms with van der Waals surface area (Å²) in [7, 11) is -3.61. The summed E-state index contributed by atoms with van der Waals surface area (Å²) in [5.41, 5.74) is 9.14. The highest BCUT2D eigenvalue weighted by atomic mass is 32.2. The molecule has 0 saturated heterocycles. The van der Waals surface area contributed by atoms with Crippen molar-refractivity contribution in [1.82, 2.24) is 19.5 Å². The van der Waals surface area contributed by atoms with Crippen molar-refractivity contribution >= 4 is 21.4 Å². The summed E-state index contributed by atoms with van der Waals surface area (Å²) in [6.45, 7) is 6.43. The monoisotopic (exact) mass is 329 g/mol. The van der Waals surface area contributed by atoms with Gasteiger partial charge in [-0.15, -0.1) is 11.3 Å². The van der Waals surface area contributed by atoms with E-state index in [1.807, 2.05) is 6.92 Å². The van der Waals surface area contributed by atoms with E-state index < -0.39 is 10.0 Å². The summed E-state index contributed by atoms with van der Waals surface area (Å²) in [6, 6.07) is 0. The molecular weight excluding hydrogens is 310 g/mol. The molecule has 2 heterocycles. The molecule has 0 saturated carbocycles. The van der Waals surface area contributed by atoms with Gasteiger partial charge in [-0.2, -0.15) is 5.10 Å². The lowest BCUT2D eigenvalue weighted by Gasteiger charge is -2.07. The Morgan fingerprint density at radius 2 is 2.05 bits per heavy atom. The van der Waals surface area contributed by atoms with Crippen LogP contribution in [0.25, 0.3) is 0 Å². The molecule has 0 spiro atoms. The summed E-state index contributed by atoms with van der Waals surface area (Å²) < 4.78 is 29.2. The van der Waals surface area contributed by atoms with Gasteiger partial charge in [0.2, 0.25) is 10.0 Å². The molecule has 0 fully saturated rings. The maximum absolute atomic E-state index is 12.5. The predicted octanol–water partition coefficient (Wildman–Crippen LogP) is 0.702. The molecule has 0 radical (unpaired) electrons. The van der Waals surface area contributed by atoms with Crippen LogP contribution in [0.5, 0.6) is 0 Å². The van der Waals surface area contributed by atoms with Gasteiger partial charge < -0.3 is 5.73 Å². The first kappa shape index (κ1) is 16.1. The van der Waals surface area contributed by atoms with Gasteiger partial charge in [0.05, 0.1) is 29.1 Å². The van der Waals surface area contributed by atoms with Crippen LogP contribution in [-0.2, 0) is 23.1 Å². The Bertz CT molecular complexity index is 733. The second kappa shape index (κ2) is 6.22. The Hall–Kier alpha value is -1.29. The minimum Gasteiger partial charge on any atom is -0.329 e. The van der Waals surface area contributed by atoms with Crippen LogP contribution in [0.15, 0.2) is 10.4 Å². The first-order chi connectivity index (χ1) is 9.86. The number of hydrogen-bond acceptors (Lipinski definition) is 6. The summed E-state index contributed by atoms with van der Waals surface area (Å²) in [5, 5.41) is 4.24. The van der Waals surface area contributed by atoms with Gasteiger partial charge >= 0.3 is 0 Å². The largest absolute Gasteiger partial charge is 0.329 e. The lowest BCUT2D eigenvalue weighted by Crippen LogP contribution is -2.24. The average Bonchev–Trinajstić information content (AvgIpc) is 2.92. The number of nitrogens with zero attached hydrogens (tertiary/aromatic N) is 3. The van der Waals surface area contributed by atoms with Gasteiger partial charge in [0.15, 0.2) is 0 Å². The van der Waals surface area contributed by atoms with Crippen LogP contribution in [0.3, 0.4) is 0 Å². The number of aryl methyl sites for hydroxylation is 2. The van der Waals surface area contributed by atoms with Crippen LogP contribution in [0.1, 0.15) is 22.0 Å². The Morgan fingerprint density at radius 3 is 2.62 bits per heavy atom. The molecule has 0 aliphatic carbocycles. The number of hydrogen-bond donors (Lipinski definition) is 2. The molecule has 9 heteroatoms. The number of nitrogens with two attached hydrogens (primary N) is 1. The Balaban J connectivity index is 2.25. The van der Waals surface area contributed by atoms with Gasteiger partial charge in [0, 0.05) is 18.0 Å². The molecule has 0 bridgehead atoms. The fourth-order valence-corrected chi connectivity index (χ4v) is 4.35. The quantitative estimate of drug-likeness (QED) is 0.812. The number of sulfonamides is 1. The lowest BCUT2D eigenvalue weighted by molar-refractivity contribution is 0.577. The molecule has 7 nitrogen and oxygen atoms in total. The molecule has 0 unspecified atom stereocenters. The van der Waals surface area contributed by atoms with Crippen LogP contribution in [0, 0.1) is 20.8 Å². The fraction of sp³-hybridized carbons (Fsp3) is 0.500. The van der Waals surface area contributed by atoms with Gasteiger partial charge in [-0.3, -0.25) is 4.68 Å². The fourth-order valence-electron chi connectivity index (χ4n) is 2.14. The maximum atomic E-state index is 12.5. The molecule has 0 aliphatic rings. The summed E-state index contributed by atoms with van der Waals surface area (Å²) in [5.74, 6) is 0. The van der Waals surface area contributed by atoms with Crippen molar-refractivity contribution < 1.29 is 8.42 Å². The Kier molecular flexibility index (Phi) is 4.77. The van der Waals surface area contributed by atoms with Crippen molar-refractivity contribution in [3.8, 4) is 0 Å². The highest BCUT2D eigenvalue weighted by Gasteiger charge is 2.24. The van der Waals surface area contributed by atoms with Gasteiger partial charge in [0.1, 0.15) is 4.90 Å². The third kappa shape index (κ3) is 3.31. The maximum Gasteiger partial charge on any atom is 0.244 e. The van der Waals surface area contributed by atoms with Crippen molar-refractivity contribution in [3.05, 3.63) is 27.5 Å². The molecule has 0 aromatic carbocycles. The minimum atomic E-state index is -3.61. The van der Waals surface area contributed by atoms with Crippen LogP contribution in [-0.4, -0.2) is 29.7 Å². The molecule has 3 N–H and O–H groups in total. The minimum absolute atomic E-state index is 0.234. The van der Waals surface area contributed by atoms with Crippen molar-refractivity contribution in [2.24, 2.45) is 5.73 Å². The molecule has 21 heavy (non-hydrogen) atoms. The lowest BCUT2D eigenvalue weighted by atomic mass is 10.4. The van der Waals surface area contributed by atoms with E-state index >= 15 is 0 Å². The molecule has 2 aromatic rings. The molecule has 0 atom stereocenters. The van der Waals surface area contributed by atoms with E-state index in [1.54, 1.807) is 24.0 Å². The van der Waals surface area contributed by atoms with Gasteiger partial charge in [-0.1, -0.05) is 0 Å². The number of aromatic nitrogens is 3. The van der Waals surface area contributed by atoms with Crippen molar-refractivity contribution in [2.75, 3.05) is 6.54 Å². The smallest absolute Gasteiger partial charge is 0.244 e. The Morgan fingerprint density at radius 1 is 1.33 bits per heavy atom. The molecule has 2 rings (SSSR count). The third-order valence-corrected chi connectivity index (χ3v) is 5.78. The molecule has 0 aliphatic heterocycles. The van der Waals surface area contributed by atoms with E-state index in [2.05, 4.69) is 14.8 Å². The molecule has 0 amide bonds. The van der Waals surface area contributed by atoms with Crippen molar-refractivity contribution in [1.29, 1.82) is 0 Å². The highest BCUT2D eigenvalue weighted by Crippen LogP contribution is 2.20. The number of rotatable bonds is 6. The van der Waals surface area contributed by atoms with E-state index in [9.17, 15) is 8.42 Å². The summed E-state index contributed by atoms with van der Waals surface area (Å²) in [4.78, 5) is 5.25. The van der Waals surface area contributed by atoms with Gasteiger partial charge in [-0.05, 0) is 20.8 Å². The standard InChI is InChI=1S/C12H19N5O2S2/c1-8-11(20-7-14-8)6-15-21(18,19)12-9(2)16-17(5-4-13)10(12)3/h7,15H,4-6,13H2,1-3H3. The van der Waals surface area contributed by atoms with Gasteiger partial charge in [-0.25, -0.2) is 18.1 Å². The van der Waals surface area contributed by atoms with E-state index in [-0.39, 0.29) is 11.4 Å². The highest BCUT2D eigenvalue weighted by molar-refractivity contribution is 7.89. The average molecular weight is 329 g/mol. The first-order valence-corrected chi connectivity index (χ1v) is 8.85. The molecule has 2 aromatic heterocycles. The van der Waals surface area contributed by atoms with Gasteiger partial charge in [0.25, 0.3) is 0 Å².